The summed E-state index contributed by atoms with van der Waals surface area (Å²) in [7, 11) is 1.59. The van der Waals surface area contributed by atoms with Crippen molar-refractivity contribution in [1.82, 2.24) is 4.90 Å². The molecule has 2 aliphatic rings. The van der Waals surface area contributed by atoms with Gasteiger partial charge >= 0.3 is 0 Å². The Morgan fingerprint density at radius 1 is 1.46 bits per heavy atom. The molecular weight excluding hydrogens is 343 g/mol. The van der Waals surface area contributed by atoms with Crippen molar-refractivity contribution in [3.63, 3.8) is 0 Å². The number of likely N-dealkylation sites (tertiary alicyclic amines) is 1. The summed E-state index contributed by atoms with van der Waals surface area (Å²) in [5, 5.41) is 2.56. The van der Waals surface area contributed by atoms with Crippen LogP contribution in [0.2, 0.25) is 0 Å². The minimum absolute atomic E-state index is 0.0133. The average molecular weight is 366 g/mol. The first-order valence-electron chi connectivity index (χ1n) is 8.46. The normalized spacial score (nSPS) is 24.1. The molecule has 142 valence electrons. The van der Waals surface area contributed by atoms with Gasteiger partial charge in [0.1, 0.15) is 12.4 Å². The highest BCUT2D eigenvalue weighted by Gasteiger charge is 2.31. The summed E-state index contributed by atoms with van der Waals surface area (Å²) in [6.07, 6.45) is -0.107. The number of nitrogens with two attached hydrogens (primary N) is 1. The van der Waals surface area contributed by atoms with Crippen LogP contribution in [0, 0.1) is 5.82 Å². The molecule has 0 unspecified atom stereocenters. The summed E-state index contributed by atoms with van der Waals surface area (Å²) >= 11 is 0. The Hall–Kier alpha value is -2.07. The van der Waals surface area contributed by atoms with E-state index in [1.807, 2.05) is 4.90 Å². The van der Waals surface area contributed by atoms with Crippen molar-refractivity contribution in [1.29, 1.82) is 0 Å². The monoisotopic (exact) mass is 366 g/mol. The smallest absolute Gasteiger partial charge is 0.253 e. The fourth-order valence-corrected chi connectivity index (χ4v) is 3.22. The molecule has 3 N–H and O–H groups in total. The number of carbonyl (C=O) groups excluding carboxylic acids is 2. The number of methoxy groups -OCH3 is 1. The highest BCUT2D eigenvalue weighted by atomic mass is 19.1. The van der Waals surface area contributed by atoms with Gasteiger partial charge in [0.25, 0.3) is 5.91 Å². The second-order valence-electron chi connectivity index (χ2n) is 6.44. The van der Waals surface area contributed by atoms with Gasteiger partial charge in [-0.05, 0) is 18.2 Å². The van der Waals surface area contributed by atoms with E-state index in [0.717, 1.165) is 0 Å². The number of hydrogen-bond acceptors (Lipinski definition) is 6. The molecule has 8 nitrogen and oxygen atoms in total. The zero-order chi connectivity index (χ0) is 18.7. The predicted molar refractivity (Wildman–Crippen MR) is 93.4 cm³/mol. The molecule has 2 aliphatic heterocycles. The van der Waals surface area contributed by atoms with Crippen LogP contribution in [0.4, 0.5) is 15.8 Å². The van der Waals surface area contributed by atoms with Crippen LogP contribution in [-0.2, 0) is 19.1 Å². The first-order chi connectivity index (χ1) is 12.5. The molecule has 1 aromatic rings. The standard InChI is InChI=1S/C17H23FN4O4/c1-25-15-8-21(7-13(15)19)9-16(23)20-14-3-2-11(6-12(14)18)22-4-5-26-10-17(22)24/h2-3,6,13,15H,4-5,7-10,19H2,1H3,(H,20,23)/t13-,15-/m0/s1. The second kappa shape index (κ2) is 8.09. The van der Waals surface area contributed by atoms with E-state index < -0.39 is 5.82 Å². The molecular formula is C17H23FN4O4. The van der Waals surface area contributed by atoms with Gasteiger partial charge < -0.3 is 25.4 Å². The minimum atomic E-state index is -0.594. The second-order valence-corrected chi connectivity index (χ2v) is 6.44. The molecule has 2 amide bonds. The van der Waals surface area contributed by atoms with E-state index in [0.29, 0.717) is 31.9 Å². The number of hydrogen-bond donors (Lipinski definition) is 2. The Balaban J connectivity index is 1.59. The third-order valence-electron chi connectivity index (χ3n) is 4.58. The van der Waals surface area contributed by atoms with Crippen LogP contribution in [0.15, 0.2) is 18.2 Å². The number of morpholine rings is 1. The molecule has 0 radical (unpaired) electrons. The molecule has 0 saturated carbocycles. The molecule has 2 saturated heterocycles. The lowest BCUT2D eigenvalue weighted by Crippen LogP contribution is -2.41. The number of halogens is 1. The number of amides is 2. The van der Waals surface area contributed by atoms with Crippen LogP contribution in [0.1, 0.15) is 0 Å². The van der Waals surface area contributed by atoms with Crippen LogP contribution >= 0.6 is 0 Å². The summed E-state index contributed by atoms with van der Waals surface area (Å²) < 4.78 is 24.7. The van der Waals surface area contributed by atoms with Crippen molar-refractivity contribution in [2.24, 2.45) is 5.73 Å². The fraction of sp³-hybridized carbons (Fsp3) is 0.529. The lowest BCUT2D eigenvalue weighted by atomic mass is 10.2. The van der Waals surface area contributed by atoms with Crippen molar-refractivity contribution in [2.45, 2.75) is 12.1 Å². The lowest BCUT2D eigenvalue weighted by Gasteiger charge is -2.27. The summed E-state index contributed by atoms with van der Waals surface area (Å²) in [6, 6.07) is 4.16. The van der Waals surface area contributed by atoms with Gasteiger partial charge in [-0.25, -0.2) is 4.39 Å². The molecule has 9 heteroatoms. The molecule has 2 fully saturated rings. The molecule has 2 heterocycles. The first-order valence-corrected chi connectivity index (χ1v) is 8.46. The maximum atomic E-state index is 14.3. The van der Waals surface area contributed by atoms with Gasteiger partial charge in [-0.15, -0.1) is 0 Å². The van der Waals surface area contributed by atoms with Gasteiger partial charge in [0.2, 0.25) is 5.91 Å². The maximum absolute atomic E-state index is 14.3. The van der Waals surface area contributed by atoms with Crippen molar-refractivity contribution in [2.75, 3.05) is 56.7 Å². The molecule has 0 bridgehead atoms. The van der Waals surface area contributed by atoms with E-state index in [9.17, 15) is 14.0 Å². The van der Waals surface area contributed by atoms with E-state index in [1.54, 1.807) is 13.2 Å². The van der Waals surface area contributed by atoms with Crippen molar-refractivity contribution < 1.29 is 23.5 Å². The maximum Gasteiger partial charge on any atom is 0.253 e. The van der Waals surface area contributed by atoms with Crippen LogP contribution < -0.4 is 16.0 Å². The van der Waals surface area contributed by atoms with E-state index in [2.05, 4.69) is 5.32 Å². The van der Waals surface area contributed by atoms with E-state index in [-0.39, 0.29) is 42.8 Å². The van der Waals surface area contributed by atoms with Gasteiger partial charge in [0.05, 0.1) is 24.9 Å². The van der Waals surface area contributed by atoms with Crippen molar-refractivity contribution >= 4 is 23.2 Å². The molecule has 3 rings (SSSR count). The summed E-state index contributed by atoms with van der Waals surface area (Å²) in [5.74, 6) is -1.14. The van der Waals surface area contributed by atoms with Gasteiger partial charge in [0, 0.05) is 38.5 Å². The summed E-state index contributed by atoms with van der Waals surface area (Å²) in [4.78, 5) is 27.3. The Morgan fingerprint density at radius 2 is 2.27 bits per heavy atom. The number of carbonyl (C=O) groups is 2. The first kappa shape index (κ1) is 18.7. The zero-order valence-corrected chi connectivity index (χ0v) is 14.6. The van der Waals surface area contributed by atoms with Gasteiger partial charge in [-0.3, -0.25) is 14.5 Å². The molecule has 26 heavy (non-hydrogen) atoms. The topological polar surface area (TPSA) is 97.1 Å². The third kappa shape index (κ3) is 4.18. The highest BCUT2D eigenvalue weighted by Crippen LogP contribution is 2.23. The van der Waals surface area contributed by atoms with Gasteiger partial charge in [0.15, 0.2) is 0 Å². The summed E-state index contributed by atoms with van der Waals surface area (Å²) in [6.45, 7) is 1.99. The Bertz CT molecular complexity index is 687. The highest BCUT2D eigenvalue weighted by molar-refractivity contribution is 5.96. The van der Waals surface area contributed by atoms with Gasteiger partial charge in [-0.1, -0.05) is 0 Å². The molecule has 1 aromatic carbocycles. The predicted octanol–water partition coefficient (Wildman–Crippen LogP) is -0.215. The van der Waals surface area contributed by atoms with Crippen LogP contribution in [0.25, 0.3) is 0 Å². The third-order valence-corrected chi connectivity index (χ3v) is 4.58. The number of benzene rings is 1. The molecule has 0 spiro atoms. The Labute approximate surface area is 151 Å². The largest absolute Gasteiger partial charge is 0.378 e. The molecule has 2 atom stereocenters. The molecule has 0 aromatic heterocycles. The number of anilines is 2. The van der Waals surface area contributed by atoms with Crippen LogP contribution in [-0.4, -0.2) is 75.4 Å². The average Bonchev–Trinajstić information content (AvgIpc) is 2.96. The van der Waals surface area contributed by atoms with Crippen molar-refractivity contribution in [3.05, 3.63) is 24.0 Å². The van der Waals surface area contributed by atoms with E-state index >= 15 is 0 Å². The number of ether oxygens (including phenoxy) is 2. The van der Waals surface area contributed by atoms with E-state index in [1.165, 1.54) is 17.0 Å². The van der Waals surface area contributed by atoms with Crippen molar-refractivity contribution in [3.8, 4) is 0 Å². The van der Waals surface area contributed by atoms with Crippen LogP contribution in [0.5, 0.6) is 0 Å². The van der Waals surface area contributed by atoms with E-state index in [4.69, 9.17) is 15.2 Å². The fourth-order valence-electron chi connectivity index (χ4n) is 3.22. The SMILES string of the molecule is CO[C@H]1CN(CC(=O)Nc2ccc(N3CCOCC3=O)cc2F)C[C@@H]1N. The Morgan fingerprint density at radius 3 is 2.92 bits per heavy atom. The van der Waals surface area contributed by atoms with Gasteiger partial charge in [-0.2, -0.15) is 0 Å². The number of rotatable bonds is 5. The Kier molecular flexibility index (Phi) is 5.82. The summed E-state index contributed by atoms with van der Waals surface area (Å²) in [5.41, 5.74) is 6.45. The minimum Gasteiger partial charge on any atom is -0.378 e. The number of nitrogens with zero attached hydrogens (tertiary/aromatic N) is 2. The quantitative estimate of drug-likeness (QED) is 0.748. The molecule has 0 aliphatic carbocycles. The number of nitrogens with one attached hydrogen (secondary N) is 1. The zero-order valence-electron chi connectivity index (χ0n) is 14.6. The van der Waals surface area contributed by atoms with Crippen LogP contribution in [0.3, 0.4) is 0 Å². The lowest BCUT2D eigenvalue weighted by molar-refractivity contribution is -0.125.